The minimum Gasteiger partial charge on any atom is -0.462 e. The summed E-state index contributed by atoms with van der Waals surface area (Å²) in [5, 5.41) is 9.74. The molecule has 0 fully saturated rings. The van der Waals surface area contributed by atoms with E-state index < -0.39 is 6.10 Å². The Morgan fingerprint density at radius 1 is 0.255 bits per heavy atom. The van der Waals surface area contributed by atoms with Crippen LogP contribution in [0.15, 0.2) is 97.2 Å². The van der Waals surface area contributed by atoms with Gasteiger partial charge in [-0.15, -0.1) is 0 Å². The van der Waals surface area contributed by atoms with Crippen molar-refractivity contribution in [3.63, 3.8) is 0 Å². The maximum atomic E-state index is 12.4. The fraction of sp³-hybridized carbons (Fsp3) is 0.798. The van der Waals surface area contributed by atoms with E-state index in [2.05, 4.69) is 111 Å². The summed E-state index contributed by atoms with van der Waals surface area (Å²) in [6, 6.07) is 0. The molecule has 5 heteroatoms. The van der Waals surface area contributed by atoms with Gasteiger partial charge in [0.15, 0.2) is 6.10 Å². The van der Waals surface area contributed by atoms with Crippen molar-refractivity contribution in [2.75, 3.05) is 13.2 Å². The lowest BCUT2D eigenvalue weighted by molar-refractivity contribution is -0.161. The van der Waals surface area contributed by atoms with E-state index in [-0.39, 0.29) is 25.2 Å². The summed E-state index contributed by atoms with van der Waals surface area (Å²) >= 11 is 0. The number of allylic oxidation sites excluding steroid dienone is 16. The molecule has 0 aromatic carbocycles. The molecular formula is C89H160O5. The lowest BCUT2D eigenvalue weighted by atomic mass is 10.0. The molecule has 0 rings (SSSR count). The van der Waals surface area contributed by atoms with Crippen LogP contribution >= 0.6 is 0 Å². The number of aliphatic hydroxyl groups is 1. The lowest BCUT2D eigenvalue weighted by Crippen LogP contribution is -2.28. The fourth-order valence-corrected chi connectivity index (χ4v) is 12.7. The zero-order valence-electron chi connectivity index (χ0n) is 63.0. The van der Waals surface area contributed by atoms with Gasteiger partial charge in [0.1, 0.15) is 6.61 Å². The van der Waals surface area contributed by atoms with Gasteiger partial charge in [-0.05, 0) is 96.3 Å². The van der Waals surface area contributed by atoms with Crippen molar-refractivity contribution >= 4 is 11.9 Å². The third-order valence-electron chi connectivity index (χ3n) is 18.9. The van der Waals surface area contributed by atoms with Crippen LogP contribution in [0.5, 0.6) is 0 Å². The van der Waals surface area contributed by atoms with E-state index in [1.54, 1.807) is 0 Å². The Hall–Kier alpha value is -3.18. The SMILES string of the molecule is CC/C=C\C/C=C\C/C=C\C/C=C\C/C=C\CCCCCCCCCCCCCCCCCCCCCCCCCC(=O)OC(CO)COC(=O)CCCCCCCCCCCCCCCCCCCCCCCCCCCC/C=C\C/C=C\C/C=C\CCCCCCC. The van der Waals surface area contributed by atoms with Crippen LogP contribution in [0.3, 0.4) is 0 Å². The standard InChI is InChI=1S/C89H160O5/c1-3-5-7-9-11-13-15-17-19-21-23-25-27-29-31-33-35-37-39-41-43-44-46-47-49-51-53-55-57-59-61-63-65-67-69-71-73-75-77-79-81-83-88(91)93-86-87(85-90)94-89(92)84-82-80-78-76-74-72-70-68-66-64-62-60-58-56-54-52-50-48-45-42-40-38-36-34-32-30-28-26-24-22-20-18-16-14-12-10-8-6-4-2/h6,8,12,14-15,17-18,20-21,23-24,26-27,29-30,32,87,90H,3-5,7,9-11,13,16,19,22,25,28,31,33-86H2,1-2H3/b8-6-,14-12-,17-15-,20-18-,23-21-,26-24-,29-27-,32-30-. The van der Waals surface area contributed by atoms with Crippen LogP contribution in [0.1, 0.15) is 438 Å². The maximum absolute atomic E-state index is 12.4. The highest BCUT2D eigenvalue weighted by molar-refractivity contribution is 5.70. The predicted octanol–water partition coefficient (Wildman–Crippen LogP) is 29.7. The molecular weight excluding hydrogens is 1150 g/mol. The van der Waals surface area contributed by atoms with Crippen molar-refractivity contribution in [2.24, 2.45) is 0 Å². The number of aliphatic hydroxyl groups excluding tert-OH is 1. The van der Waals surface area contributed by atoms with Crippen LogP contribution in [-0.2, 0) is 19.1 Å². The van der Waals surface area contributed by atoms with Crippen LogP contribution in [0.4, 0.5) is 0 Å². The van der Waals surface area contributed by atoms with Crippen molar-refractivity contribution in [1.82, 2.24) is 0 Å². The van der Waals surface area contributed by atoms with Gasteiger partial charge in [0.25, 0.3) is 0 Å². The Morgan fingerprint density at radius 3 is 0.691 bits per heavy atom. The van der Waals surface area contributed by atoms with E-state index in [0.29, 0.717) is 12.8 Å². The van der Waals surface area contributed by atoms with Crippen LogP contribution in [0.25, 0.3) is 0 Å². The van der Waals surface area contributed by atoms with Crippen LogP contribution in [0, 0.1) is 0 Å². The number of esters is 2. The fourth-order valence-electron chi connectivity index (χ4n) is 12.7. The minimum absolute atomic E-state index is 0.0613. The number of unbranched alkanes of at least 4 members (excludes halogenated alkanes) is 54. The van der Waals surface area contributed by atoms with Crippen molar-refractivity contribution in [3.8, 4) is 0 Å². The van der Waals surface area contributed by atoms with Crippen LogP contribution in [-0.4, -0.2) is 36.4 Å². The smallest absolute Gasteiger partial charge is 0.306 e. The van der Waals surface area contributed by atoms with Gasteiger partial charge in [0.05, 0.1) is 6.61 Å². The second-order valence-corrected chi connectivity index (χ2v) is 28.2. The molecule has 94 heavy (non-hydrogen) atoms. The van der Waals surface area contributed by atoms with Crippen molar-refractivity contribution in [2.45, 2.75) is 444 Å². The van der Waals surface area contributed by atoms with E-state index in [1.165, 1.54) is 327 Å². The maximum Gasteiger partial charge on any atom is 0.306 e. The second-order valence-electron chi connectivity index (χ2n) is 28.2. The first-order chi connectivity index (χ1) is 46.6. The molecule has 546 valence electrons. The van der Waals surface area contributed by atoms with Gasteiger partial charge in [-0.2, -0.15) is 0 Å². The molecule has 0 saturated carbocycles. The molecule has 0 aliphatic carbocycles. The number of hydrogen-bond donors (Lipinski definition) is 1. The van der Waals surface area contributed by atoms with Gasteiger partial charge in [-0.3, -0.25) is 9.59 Å². The Labute approximate surface area is 587 Å². The van der Waals surface area contributed by atoms with Gasteiger partial charge in [-0.25, -0.2) is 0 Å². The molecule has 0 spiro atoms. The monoisotopic (exact) mass is 1310 g/mol. The zero-order chi connectivity index (χ0) is 67.5. The normalized spacial score (nSPS) is 12.7. The average molecular weight is 1310 g/mol. The summed E-state index contributed by atoms with van der Waals surface area (Å²) < 4.78 is 10.8. The Morgan fingerprint density at radius 2 is 0.457 bits per heavy atom. The third kappa shape index (κ3) is 81.2. The minimum atomic E-state index is -0.773. The zero-order valence-corrected chi connectivity index (χ0v) is 63.0. The van der Waals surface area contributed by atoms with Crippen molar-refractivity contribution in [1.29, 1.82) is 0 Å². The molecule has 0 bridgehead atoms. The molecule has 0 radical (unpaired) electrons. The topological polar surface area (TPSA) is 72.8 Å². The molecule has 1 unspecified atom stereocenters. The average Bonchev–Trinajstić information content (AvgIpc) is 3.65. The number of carbonyl (C=O) groups excluding carboxylic acids is 2. The lowest BCUT2D eigenvalue weighted by Gasteiger charge is -2.15. The quantitative estimate of drug-likeness (QED) is 0.0373. The van der Waals surface area contributed by atoms with Gasteiger partial charge < -0.3 is 14.6 Å². The first kappa shape index (κ1) is 90.8. The van der Waals surface area contributed by atoms with E-state index in [4.69, 9.17) is 9.47 Å². The molecule has 0 saturated heterocycles. The summed E-state index contributed by atoms with van der Waals surface area (Å²) in [5.74, 6) is -0.566. The number of ether oxygens (including phenoxy) is 2. The molecule has 0 aromatic heterocycles. The van der Waals surface area contributed by atoms with Crippen LogP contribution < -0.4 is 0 Å². The number of hydrogen-bond acceptors (Lipinski definition) is 5. The molecule has 1 atom stereocenters. The summed E-state index contributed by atoms with van der Waals surface area (Å²) in [7, 11) is 0. The number of rotatable bonds is 78. The highest BCUT2D eigenvalue weighted by Crippen LogP contribution is 2.20. The second kappa shape index (κ2) is 84.0. The molecule has 1 N–H and O–H groups in total. The highest BCUT2D eigenvalue weighted by atomic mass is 16.6. The van der Waals surface area contributed by atoms with Crippen molar-refractivity contribution < 1.29 is 24.2 Å². The van der Waals surface area contributed by atoms with E-state index >= 15 is 0 Å². The Kier molecular flexibility index (Phi) is 81.2. The Balaban J connectivity index is 3.38. The largest absolute Gasteiger partial charge is 0.462 e. The summed E-state index contributed by atoms with van der Waals surface area (Å²) in [6.45, 7) is 4.07. The summed E-state index contributed by atoms with van der Waals surface area (Å²) in [6.07, 6.45) is 121. The first-order valence-corrected chi connectivity index (χ1v) is 41.8. The van der Waals surface area contributed by atoms with Crippen molar-refractivity contribution in [3.05, 3.63) is 97.2 Å². The number of carbonyl (C=O) groups is 2. The third-order valence-corrected chi connectivity index (χ3v) is 18.9. The van der Waals surface area contributed by atoms with Gasteiger partial charge >= 0.3 is 11.9 Å². The van der Waals surface area contributed by atoms with Gasteiger partial charge in [0, 0.05) is 12.8 Å². The molecule has 5 nitrogen and oxygen atoms in total. The summed E-state index contributed by atoms with van der Waals surface area (Å²) in [4.78, 5) is 24.7. The molecule has 0 aliphatic heterocycles. The summed E-state index contributed by atoms with van der Waals surface area (Å²) in [5.41, 5.74) is 0. The van der Waals surface area contributed by atoms with Gasteiger partial charge in [-0.1, -0.05) is 426 Å². The Bertz CT molecular complexity index is 1730. The van der Waals surface area contributed by atoms with E-state index in [0.717, 1.165) is 83.5 Å². The molecule has 0 heterocycles. The first-order valence-electron chi connectivity index (χ1n) is 41.8. The van der Waals surface area contributed by atoms with E-state index in [1.807, 2.05) is 0 Å². The molecule has 0 amide bonds. The highest BCUT2D eigenvalue weighted by Gasteiger charge is 2.16. The van der Waals surface area contributed by atoms with E-state index in [9.17, 15) is 14.7 Å². The predicted molar refractivity (Wildman–Crippen MR) is 417 cm³/mol. The van der Waals surface area contributed by atoms with Gasteiger partial charge in [0.2, 0.25) is 0 Å². The molecule has 0 aliphatic rings. The molecule has 0 aromatic rings. The van der Waals surface area contributed by atoms with Crippen LogP contribution in [0.2, 0.25) is 0 Å².